The second-order valence-corrected chi connectivity index (χ2v) is 6.87. The number of hydrogen-bond acceptors (Lipinski definition) is 1. The molecule has 0 saturated heterocycles. The Morgan fingerprint density at radius 1 is 0.824 bits per heavy atom. The van der Waals surface area contributed by atoms with Crippen LogP contribution >= 0.6 is 0 Å². The fourth-order valence-electron chi connectivity index (χ4n) is 3.95. The molecular formula is C16H31N. The van der Waals surface area contributed by atoms with Gasteiger partial charge in [-0.25, -0.2) is 0 Å². The lowest BCUT2D eigenvalue weighted by Crippen LogP contribution is -2.43. The minimum atomic E-state index is 0.758. The van der Waals surface area contributed by atoms with Crippen LogP contribution in [0.15, 0.2) is 0 Å². The summed E-state index contributed by atoms with van der Waals surface area (Å²) < 4.78 is 0. The van der Waals surface area contributed by atoms with Gasteiger partial charge in [-0.2, -0.15) is 0 Å². The van der Waals surface area contributed by atoms with Gasteiger partial charge in [-0.05, 0) is 50.4 Å². The zero-order valence-corrected chi connectivity index (χ0v) is 12.0. The molecule has 2 rings (SSSR count). The highest BCUT2D eigenvalue weighted by Gasteiger charge is 2.27. The maximum Gasteiger partial charge on any atom is 0.00723 e. The van der Waals surface area contributed by atoms with Crippen LogP contribution in [0.1, 0.15) is 72.1 Å². The molecule has 2 unspecified atom stereocenters. The van der Waals surface area contributed by atoms with E-state index in [1.807, 2.05) is 0 Å². The highest BCUT2D eigenvalue weighted by Crippen LogP contribution is 2.32. The largest absolute Gasteiger partial charge is 0.311 e. The van der Waals surface area contributed by atoms with Crippen molar-refractivity contribution in [1.29, 1.82) is 0 Å². The Bertz CT molecular complexity index is 218. The smallest absolute Gasteiger partial charge is 0.00723 e. The molecule has 2 saturated carbocycles. The zero-order chi connectivity index (χ0) is 12.3. The maximum absolute atomic E-state index is 3.95. The summed E-state index contributed by atoms with van der Waals surface area (Å²) in [5.41, 5.74) is 0. The molecule has 17 heavy (non-hydrogen) atoms. The summed E-state index contributed by atoms with van der Waals surface area (Å²) in [6.45, 7) is 7.22. The van der Waals surface area contributed by atoms with Gasteiger partial charge in [0.1, 0.15) is 0 Å². The van der Waals surface area contributed by atoms with Crippen molar-refractivity contribution in [2.75, 3.05) is 0 Å². The molecule has 0 aromatic carbocycles. The zero-order valence-electron chi connectivity index (χ0n) is 12.0. The number of hydrogen-bond donors (Lipinski definition) is 1. The average molecular weight is 237 g/mol. The quantitative estimate of drug-likeness (QED) is 0.765. The standard InChI is InChI=1S/C16H31N/c1-12(2)15-9-6-10-16(11-15)17-13(3)14-7-4-5-8-14/h12-17H,4-11H2,1-3H3/t13-,15?,16?/m0/s1. The summed E-state index contributed by atoms with van der Waals surface area (Å²) in [6, 6.07) is 1.57. The summed E-state index contributed by atoms with van der Waals surface area (Å²) in [6.07, 6.45) is 11.6. The second-order valence-electron chi connectivity index (χ2n) is 6.87. The predicted molar refractivity (Wildman–Crippen MR) is 75.1 cm³/mol. The number of rotatable bonds is 4. The van der Waals surface area contributed by atoms with Gasteiger partial charge >= 0.3 is 0 Å². The van der Waals surface area contributed by atoms with Crippen LogP contribution < -0.4 is 5.32 Å². The van der Waals surface area contributed by atoms with Crippen LogP contribution in [0, 0.1) is 17.8 Å². The monoisotopic (exact) mass is 237 g/mol. The first-order chi connectivity index (χ1) is 8.16. The third-order valence-corrected chi connectivity index (χ3v) is 5.26. The Labute approximate surface area is 108 Å². The van der Waals surface area contributed by atoms with Crippen molar-refractivity contribution < 1.29 is 0 Å². The van der Waals surface area contributed by atoms with E-state index in [1.54, 1.807) is 0 Å². The summed E-state index contributed by atoms with van der Waals surface area (Å²) in [4.78, 5) is 0. The molecular weight excluding hydrogens is 206 g/mol. The van der Waals surface area contributed by atoms with E-state index in [2.05, 4.69) is 26.1 Å². The summed E-state index contributed by atoms with van der Waals surface area (Å²) in [5, 5.41) is 3.95. The Kier molecular flexibility index (Phi) is 4.90. The van der Waals surface area contributed by atoms with Gasteiger partial charge in [0.15, 0.2) is 0 Å². The normalized spacial score (nSPS) is 33.2. The predicted octanol–water partition coefficient (Wildman–Crippen LogP) is 4.37. The molecule has 0 aromatic rings. The van der Waals surface area contributed by atoms with Gasteiger partial charge in [-0.15, -0.1) is 0 Å². The first-order valence-electron chi connectivity index (χ1n) is 7.93. The van der Waals surface area contributed by atoms with E-state index >= 15 is 0 Å². The van der Waals surface area contributed by atoms with Gasteiger partial charge in [-0.3, -0.25) is 0 Å². The molecule has 0 aromatic heterocycles. The molecule has 0 heterocycles. The van der Waals surface area contributed by atoms with Crippen molar-refractivity contribution in [3.63, 3.8) is 0 Å². The SMILES string of the molecule is CC(C)C1CCCC(N[C@@H](C)C2CCCC2)C1. The lowest BCUT2D eigenvalue weighted by atomic mass is 9.79. The van der Waals surface area contributed by atoms with Gasteiger partial charge in [0.05, 0.1) is 0 Å². The van der Waals surface area contributed by atoms with Gasteiger partial charge in [-0.1, -0.05) is 39.5 Å². The van der Waals surface area contributed by atoms with Gasteiger partial charge in [0.2, 0.25) is 0 Å². The van der Waals surface area contributed by atoms with E-state index in [9.17, 15) is 0 Å². The van der Waals surface area contributed by atoms with Crippen molar-refractivity contribution in [1.82, 2.24) is 5.32 Å². The fraction of sp³-hybridized carbons (Fsp3) is 1.00. The van der Waals surface area contributed by atoms with E-state index in [0.717, 1.165) is 29.8 Å². The first kappa shape index (κ1) is 13.4. The molecule has 0 bridgehead atoms. The van der Waals surface area contributed by atoms with E-state index in [4.69, 9.17) is 0 Å². The minimum Gasteiger partial charge on any atom is -0.311 e. The summed E-state index contributed by atoms with van der Waals surface area (Å²) >= 11 is 0. The Balaban J connectivity index is 1.77. The first-order valence-corrected chi connectivity index (χ1v) is 7.93. The molecule has 0 spiro atoms. The second kappa shape index (κ2) is 6.22. The average Bonchev–Trinajstić information content (AvgIpc) is 2.82. The van der Waals surface area contributed by atoms with Crippen LogP contribution in [-0.4, -0.2) is 12.1 Å². The van der Waals surface area contributed by atoms with Crippen molar-refractivity contribution in [2.45, 2.75) is 84.2 Å². The highest BCUT2D eigenvalue weighted by atomic mass is 15.0. The van der Waals surface area contributed by atoms with Gasteiger partial charge in [0.25, 0.3) is 0 Å². The van der Waals surface area contributed by atoms with Crippen LogP contribution in [0.3, 0.4) is 0 Å². The van der Waals surface area contributed by atoms with Crippen LogP contribution in [0.2, 0.25) is 0 Å². The Morgan fingerprint density at radius 2 is 1.47 bits per heavy atom. The molecule has 1 heteroatoms. The van der Waals surface area contributed by atoms with Crippen molar-refractivity contribution >= 4 is 0 Å². The van der Waals surface area contributed by atoms with E-state index in [0.29, 0.717) is 0 Å². The van der Waals surface area contributed by atoms with Crippen LogP contribution in [0.5, 0.6) is 0 Å². The molecule has 1 nitrogen and oxygen atoms in total. The van der Waals surface area contributed by atoms with E-state index in [-0.39, 0.29) is 0 Å². The molecule has 2 fully saturated rings. The van der Waals surface area contributed by atoms with E-state index < -0.39 is 0 Å². The Hall–Kier alpha value is -0.0400. The van der Waals surface area contributed by atoms with Crippen molar-refractivity contribution in [2.24, 2.45) is 17.8 Å². The maximum atomic E-state index is 3.95. The highest BCUT2D eigenvalue weighted by molar-refractivity contribution is 4.84. The lowest BCUT2D eigenvalue weighted by Gasteiger charge is -2.35. The van der Waals surface area contributed by atoms with Crippen molar-refractivity contribution in [3.8, 4) is 0 Å². The molecule has 2 aliphatic carbocycles. The van der Waals surface area contributed by atoms with Crippen LogP contribution in [0.25, 0.3) is 0 Å². The Morgan fingerprint density at radius 3 is 2.12 bits per heavy atom. The fourth-order valence-corrected chi connectivity index (χ4v) is 3.95. The molecule has 2 aliphatic rings. The third kappa shape index (κ3) is 3.71. The summed E-state index contributed by atoms with van der Waals surface area (Å²) in [5.74, 6) is 2.81. The molecule has 0 amide bonds. The van der Waals surface area contributed by atoms with Crippen LogP contribution in [-0.2, 0) is 0 Å². The summed E-state index contributed by atoms with van der Waals surface area (Å²) in [7, 11) is 0. The number of nitrogens with one attached hydrogen (secondary N) is 1. The molecule has 0 aliphatic heterocycles. The molecule has 0 radical (unpaired) electrons. The van der Waals surface area contributed by atoms with Crippen molar-refractivity contribution in [3.05, 3.63) is 0 Å². The molecule has 3 atom stereocenters. The third-order valence-electron chi connectivity index (χ3n) is 5.26. The lowest BCUT2D eigenvalue weighted by molar-refractivity contribution is 0.209. The topological polar surface area (TPSA) is 12.0 Å². The van der Waals surface area contributed by atoms with E-state index in [1.165, 1.54) is 51.4 Å². The minimum absolute atomic E-state index is 0.758. The van der Waals surface area contributed by atoms with Gasteiger partial charge in [0, 0.05) is 12.1 Å². The van der Waals surface area contributed by atoms with Gasteiger partial charge < -0.3 is 5.32 Å². The molecule has 1 N–H and O–H groups in total. The molecule has 100 valence electrons. The van der Waals surface area contributed by atoms with Crippen LogP contribution in [0.4, 0.5) is 0 Å².